The lowest BCUT2D eigenvalue weighted by Gasteiger charge is -2.38. The first-order valence-electron chi connectivity index (χ1n) is 9.12. The van der Waals surface area contributed by atoms with Gasteiger partial charge in [0.2, 0.25) is 0 Å². The third kappa shape index (κ3) is 2.89. The zero-order valence-corrected chi connectivity index (χ0v) is 15.8. The quantitative estimate of drug-likeness (QED) is 0.684. The van der Waals surface area contributed by atoms with Crippen LogP contribution in [-0.4, -0.2) is 11.6 Å². The van der Waals surface area contributed by atoms with E-state index < -0.39 is 0 Å². The Morgan fingerprint density at radius 3 is 2.70 bits per heavy atom. The molecule has 1 N–H and O–H groups in total. The van der Waals surface area contributed by atoms with Crippen molar-refractivity contribution in [1.82, 2.24) is 10.4 Å². The van der Waals surface area contributed by atoms with Crippen molar-refractivity contribution >= 4 is 17.0 Å². The van der Waals surface area contributed by atoms with Crippen molar-refractivity contribution in [1.29, 1.82) is 0 Å². The van der Waals surface area contributed by atoms with Crippen LogP contribution in [0.25, 0.3) is 5.70 Å². The molecule has 0 amide bonds. The lowest BCUT2D eigenvalue weighted by atomic mass is 10.0. The predicted molar refractivity (Wildman–Crippen MR) is 107 cm³/mol. The van der Waals surface area contributed by atoms with Crippen molar-refractivity contribution in [2.75, 3.05) is 6.61 Å². The number of ether oxygens (including phenoxy) is 2. The number of thiophene rings is 1. The summed E-state index contributed by atoms with van der Waals surface area (Å²) in [5.41, 5.74) is 6.97. The highest BCUT2D eigenvalue weighted by atomic mass is 32.1. The Balaban J connectivity index is 1.53. The lowest BCUT2D eigenvalue weighted by molar-refractivity contribution is -0.0326. The topological polar surface area (TPSA) is 33.7 Å². The molecule has 2 atom stereocenters. The number of nitrogens with one attached hydrogen (secondary N) is 1. The van der Waals surface area contributed by atoms with Crippen molar-refractivity contribution < 1.29 is 9.47 Å². The summed E-state index contributed by atoms with van der Waals surface area (Å²) in [6.45, 7) is 2.65. The molecule has 2 aliphatic heterocycles. The number of hydrogen-bond donors (Lipinski definition) is 1. The summed E-state index contributed by atoms with van der Waals surface area (Å²) < 4.78 is 12.0. The van der Waals surface area contributed by atoms with Gasteiger partial charge in [-0.25, -0.2) is 0 Å². The van der Waals surface area contributed by atoms with E-state index in [1.54, 1.807) is 11.3 Å². The van der Waals surface area contributed by atoms with Gasteiger partial charge >= 0.3 is 0 Å². The van der Waals surface area contributed by atoms with Crippen LogP contribution in [0.1, 0.15) is 35.2 Å². The van der Waals surface area contributed by atoms with E-state index in [4.69, 9.17) is 9.47 Å². The molecule has 0 saturated carbocycles. The summed E-state index contributed by atoms with van der Waals surface area (Å²) in [5.74, 6) is 1.81. The second-order valence-corrected chi connectivity index (χ2v) is 7.48. The summed E-state index contributed by atoms with van der Waals surface area (Å²) >= 11 is 1.74. The molecule has 2 aliphatic rings. The fourth-order valence-electron chi connectivity index (χ4n) is 3.63. The molecule has 27 heavy (non-hydrogen) atoms. The zero-order valence-electron chi connectivity index (χ0n) is 15.0. The van der Waals surface area contributed by atoms with Crippen LogP contribution in [0.2, 0.25) is 0 Å². The standard InChI is InChI=1S/C22H20N2O2S/c1-2-25-16-11-9-15(10-12-16)22-24-19(17-6-3-4-7-20(17)26-22)14-18(23-24)21-8-5-13-27-21/h3-14,19,22-23H,2H2,1H3/t19-,22+/m0/s1. The van der Waals surface area contributed by atoms with Gasteiger partial charge in [-0.05, 0) is 42.6 Å². The van der Waals surface area contributed by atoms with Gasteiger partial charge in [0.25, 0.3) is 0 Å². The number of rotatable bonds is 4. The largest absolute Gasteiger partial charge is 0.494 e. The van der Waals surface area contributed by atoms with Crippen molar-refractivity contribution in [2.24, 2.45) is 0 Å². The van der Waals surface area contributed by atoms with Gasteiger partial charge in [0.1, 0.15) is 11.5 Å². The lowest BCUT2D eigenvalue weighted by Crippen LogP contribution is -2.42. The number of fused-ring (bicyclic) bond motifs is 3. The summed E-state index contributed by atoms with van der Waals surface area (Å²) in [6, 6.07) is 20.8. The normalized spacial score (nSPS) is 20.9. The molecule has 0 bridgehead atoms. The summed E-state index contributed by atoms with van der Waals surface area (Å²) in [6.07, 6.45) is 2.07. The van der Waals surface area contributed by atoms with Gasteiger partial charge in [-0.2, -0.15) is 5.01 Å². The SMILES string of the molecule is CCOc1ccc([C@H]2Oc3ccccc3[C@@H]3C=C(c4cccs4)NN23)cc1. The van der Waals surface area contributed by atoms with Crippen LogP contribution in [-0.2, 0) is 0 Å². The maximum Gasteiger partial charge on any atom is 0.195 e. The smallest absolute Gasteiger partial charge is 0.195 e. The molecule has 0 fully saturated rings. The minimum atomic E-state index is -0.214. The van der Waals surface area contributed by atoms with E-state index in [9.17, 15) is 0 Å². The Morgan fingerprint density at radius 1 is 1.07 bits per heavy atom. The highest BCUT2D eigenvalue weighted by molar-refractivity contribution is 7.11. The summed E-state index contributed by atoms with van der Waals surface area (Å²) in [5, 5.41) is 4.29. The predicted octanol–water partition coefficient (Wildman–Crippen LogP) is 5.14. The summed E-state index contributed by atoms with van der Waals surface area (Å²) in [7, 11) is 0. The number of hydrogen-bond acceptors (Lipinski definition) is 5. The van der Waals surface area contributed by atoms with Gasteiger partial charge in [-0.1, -0.05) is 36.4 Å². The monoisotopic (exact) mass is 376 g/mol. The first-order valence-corrected chi connectivity index (χ1v) is 10.0. The number of para-hydroxylation sites is 1. The molecule has 2 aromatic carbocycles. The van der Waals surface area contributed by atoms with E-state index in [-0.39, 0.29) is 12.3 Å². The molecule has 0 saturated heterocycles. The molecule has 136 valence electrons. The average Bonchev–Trinajstić information content (AvgIpc) is 3.38. The molecule has 3 aromatic rings. The van der Waals surface area contributed by atoms with E-state index in [0.717, 1.165) is 22.8 Å². The summed E-state index contributed by atoms with van der Waals surface area (Å²) in [4.78, 5) is 1.23. The average molecular weight is 376 g/mol. The molecule has 3 heterocycles. The van der Waals surface area contributed by atoms with E-state index in [0.29, 0.717) is 6.61 Å². The van der Waals surface area contributed by atoms with Crippen LogP contribution in [0.4, 0.5) is 0 Å². The van der Waals surface area contributed by atoms with Crippen LogP contribution >= 0.6 is 11.3 Å². The Hall–Kier alpha value is -2.76. The molecular weight excluding hydrogens is 356 g/mol. The Bertz CT molecular complexity index is 966. The fourth-order valence-corrected chi connectivity index (χ4v) is 4.33. The van der Waals surface area contributed by atoms with Gasteiger partial charge in [0, 0.05) is 11.1 Å². The number of benzene rings is 2. The maximum absolute atomic E-state index is 6.39. The van der Waals surface area contributed by atoms with Crippen LogP contribution in [0.5, 0.6) is 11.5 Å². The molecule has 1 aromatic heterocycles. The molecule has 0 aliphatic carbocycles. The Kier molecular flexibility index (Phi) is 4.11. The second-order valence-electron chi connectivity index (χ2n) is 6.53. The first kappa shape index (κ1) is 16.4. The van der Waals surface area contributed by atoms with Crippen LogP contribution < -0.4 is 14.9 Å². The molecule has 0 unspecified atom stereocenters. The third-order valence-corrected chi connectivity index (χ3v) is 5.77. The number of hydrazine groups is 1. The van der Waals surface area contributed by atoms with Crippen molar-refractivity contribution in [3.63, 3.8) is 0 Å². The van der Waals surface area contributed by atoms with Crippen LogP contribution in [0.15, 0.2) is 72.1 Å². The minimum absolute atomic E-state index is 0.128. The maximum atomic E-state index is 6.39. The van der Waals surface area contributed by atoms with Crippen molar-refractivity contribution in [3.05, 3.63) is 88.1 Å². The molecule has 5 rings (SSSR count). The molecule has 0 spiro atoms. The molecule has 0 radical (unpaired) electrons. The van der Waals surface area contributed by atoms with Crippen molar-refractivity contribution in [2.45, 2.75) is 19.2 Å². The third-order valence-electron chi connectivity index (χ3n) is 4.87. The molecule has 4 nitrogen and oxygen atoms in total. The highest BCUT2D eigenvalue weighted by Gasteiger charge is 2.40. The zero-order chi connectivity index (χ0) is 18.2. The van der Waals surface area contributed by atoms with E-state index >= 15 is 0 Å². The molecular formula is C22H20N2O2S. The van der Waals surface area contributed by atoms with Crippen molar-refractivity contribution in [3.8, 4) is 11.5 Å². The van der Waals surface area contributed by atoms with Crippen LogP contribution in [0.3, 0.4) is 0 Å². The highest BCUT2D eigenvalue weighted by Crippen LogP contribution is 2.46. The second kappa shape index (κ2) is 6.76. The molecule has 5 heteroatoms. The van der Waals surface area contributed by atoms with E-state index in [2.05, 4.69) is 58.3 Å². The minimum Gasteiger partial charge on any atom is -0.494 e. The van der Waals surface area contributed by atoms with Gasteiger partial charge in [-0.3, -0.25) is 0 Å². The first-order chi connectivity index (χ1) is 13.3. The van der Waals surface area contributed by atoms with Gasteiger partial charge in [0.05, 0.1) is 23.2 Å². The van der Waals surface area contributed by atoms with Gasteiger partial charge in [-0.15, -0.1) is 11.3 Å². The Morgan fingerprint density at radius 2 is 1.93 bits per heavy atom. The van der Waals surface area contributed by atoms with Gasteiger partial charge < -0.3 is 14.9 Å². The van der Waals surface area contributed by atoms with E-state index in [1.807, 2.05) is 31.2 Å². The number of nitrogens with zero attached hydrogens (tertiary/aromatic N) is 1. The van der Waals surface area contributed by atoms with E-state index in [1.165, 1.54) is 10.4 Å². The van der Waals surface area contributed by atoms with Crippen LogP contribution in [0, 0.1) is 0 Å². The Labute approximate surface area is 162 Å². The fraction of sp³-hybridized carbons (Fsp3) is 0.182. The van der Waals surface area contributed by atoms with Gasteiger partial charge in [0.15, 0.2) is 6.23 Å².